The number of carbonyl (C=O) groups is 2. The molecular formula is C17H24N4O2. The highest BCUT2D eigenvalue weighted by Gasteiger charge is 2.36. The van der Waals surface area contributed by atoms with Gasteiger partial charge in [-0.05, 0) is 43.4 Å². The third-order valence-electron chi connectivity index (χ3n) is 4.98. The molecule has 3 amide bonds. The highest BCUT2D eigenvalue weighted by molar-refractivity contribution is 5.94. The Morgan fingerprint density at radius 3 is 2.39 bits per heavy atom. The molecule has 2 aliphatic rings. The zero-order valence-corrected chi connectivity index (χ0v) is 13.4. The van der Waals surface area contributed by atoms with Crippen LogP contribution in [0.2, 0.25) is 0 Å². The predicted molar refractivity (Wildman–Crippen MR) is 87.9 cm³/mol. The van der Waals surface area contributed by atoms with Gasteiger partial charge in [-0.25, -0.2) is 4.79 Å². The van der Waals surface area contributed by atoms with Crippen LogP contribution in [0.5, 0.6) is 0 Å². The van der Waals surface area contributed by atoms with E-state index in [2.05, 4.69) is 10.6 Å². The second-order valence-corrected chi connectivity index (χ2v) is 6.59. The number of nitrogens with zero attached hydrogens (tertiary/aromatic N) is 1. The molecule has 4 N–H and O–H groups in total. The smallest absolute Gasteiger partial charge is 0.312 e. The molecule has 124 valence electrons. The topological polar surface area (TPSA) is 87.5 Å². The largest absolute Gasteiger partial charge is 0.352 e. The zero-order valence-electron chi connectivity index (χ0n) is 13.4. The Morgan fingerprint density at radius 2 is 1.83 bits per heavy atom. The molecular weight excluding hydrogens is 292 g/mol. The van der Waals surface area contributed by atoms with Crippen LogP contribution in [0.1, 0.15) is 41.6 Å². The van der Waals surface area contributed by atoms with E-state index in [1.807, 2.05) is 36.2 Å². The van der Waals surface area contributed by atoms with Gasteiger partial charge in [0, 0.05) is 37.3 Å². The number of rotatable bonds is 4. The lowest BCUT2D eigenvalue weighted by Gasteiger charge is -2.35. The lowest BCUT2D eigenvalue weighted by molar-refractivity contribution is 0.0681. The van der Waals surface area contributed by atoms with E-state index in [9.17, 15) is 9.59 Å². The van der Waals surface area contributed by atoms with Crippen LogP contribution < -0.4 is 16.4 Å². The minimum absolute atomic E-state index is 0.0608. The summed E-state index contributed by atoms with van der Waals surface area (Å²) in [6.45, 7) is 0.372. The van der Waals surface area contributed by atoms with Crippen molar-refractivity contribution in [1.82, 2.24) is 15.5 Å². The van der Waals surface area contributed by atoms with Crippen molar-refractivity contribution in [3.05, 3.63) is 35.4 Å². The van der Waals surface area contributed by atoms with Gasteiger partial charge >= 0.3 is 6.03 Å². The molecule has 0 spiro atoms. The number of fused-ring (bicyclic) bond motifs is 2. The van der Waals surface area contributed by atoms with E-state index in [-0.39, 0.29) is 5.91 Å². The van der Waals surface area contributed by atoms with Gasteiger partial charge in [-0.15, -0.1) is 0 Å². The second kappa shape index (κ2) is 6.58. The molecule has 1 aromatic rings. The van der Waals surface area contributed by atoms with Crippen molar-refractivity contribution in [1.29, 1.82) is 0 Å². The van der Waals surface area contributed by atoms with Crippen molar-refractivity contribution in [3.8, 4) is 0 Å². The number of nitrogens with one attached hydrogen (secondary N) is 2. The van der Waals surface area contributed by atoms with Crippen molar-refractivity contribution < 1.29 is 9.59 Å². The van der Waals surface area contributed by atoms with E-state index >= 15 is 0 Å². The predicted octanol–water partition coefficient (Wildman–Crippen LogP) is 1.21. The van der Waals surface area contributed by atoms with Gasteiger partial charge in [-0.2, -0.15) is 0 Å². The zero-order chi connectivity index (χ0) is 16.4. The molecule has 2 heterocycles. The molecule has 2 aliphatic heterocycles. The molecule has 2 saturated heterocycles. The van der Waals surface area contributed by atoms with E-state index in [0.717, 1.165) is 18.4 Å². The molecule has 6 nitrogen and oxygen atoms in total. The fourth-order valence-electron chi connectivity index (χ4n) is 3.67. The van der Waals surface area contributed by atoms with Gasteiger partial charge in [0.2, 0.25) is 0 Å². The summed E-state index contributed by atoms with van der Waals surface area (Å²) in [5, 5.41) is 6.14. The summed E-state index contributed by atoms with van der Waals surface area (Å²) in [7, 11) is 1.90. The van der Waals surface area contributed by atoms with Gasteiger partial charge in [0.05, 0.1) is 0 Å². The van der Waals surface area contributed by atoms with Crippen molar-refractivity contribution in [3.63, 3.8) is 0 Å². The number of amides is 3. The van der Waals surface area contributed by atoms with Crippen molar-refractivity contribution in [2.45, 2.75) is 50.4 Å². The molecule has 0 aromatic heterocycles. The number of carbonyl (C=O) groups excluding carboxylic acids is 2. The summed E-state index contributed by atoms with van der Waals surface area (Å²) >= 11 is 0. The molecule has 23 heavy (non-hydrogen) atoms. The normalized spacial score (nSPS) is 25.9. The molecule has 0 radical (unpaired) electrons. The highest BCUT2D eigenvalue weighted by atomic mass is 16.2. The summed E-state index contributed by atoms with van der Waals surface area (Å²) in [6.07, 6.45) is 4.54. The Balaban J connectivity index is 1.61. The molecule has 6 heteroatoms. The average molecular weight is 316 g/mol. The highest BCUT2D eigenvalue weighted by Crippen LogP contribution is 2.29. The van der Waals surface area contributed by atoms with Gasteiger partial charge in [0.15, 0.2) is 0 Å². The first-order valence-corrected chi connectivity index (χ1v) is 8.18. The number of piperidine rings is 1. The lowest BCUT2D eigenvalue weighted by atomic mass is 9.98. The first kappa shape index (κ1) is 15.8. The Hall–Kier alpha value is -2.08. The third kappa shape index (κ3) is 3.64. The van der Waals surface area contributed by atoms with Crippen LogP contribution in [-0.4, -0.2) is 42.0 Å². The second-order valence-electron chi connectivity index (χ2n) is 6.59. The van der Waals surface area contributed by atoms with Gasteiger partial charge < -0.3 is 21.3 Å². The summed E-state index contributed by atoms with van der Waals surface area (Å²) in [4.78, 5) is 25.3. The maximum atomic E-state index is 12.7. The van der Waals surface area contributed by atoms with Crippen LogP contribution in [0, 0.1) is 0 Å². The Kier molecular flexibility index (Phi) is 4.52. The quantitative estimate of drug-likeness (QED) is 0.780. The fourth-order valence-corrected chi connectivity index (χ4v) is 3.67. The molecule has 2 atom stereocenters. The van der Waals surface area contributed by atoms with Crippen LogP contribution in [-0.2, 0) is 6.54 Å². The van der Waals surface area contributed by atoms with Gasteiger partial charge in [0.1, 0.15) is 0 Å². The first-order chi connectivity index (χ1) is 11.0. The number of hydrogen-bond donors (Lipinski definition) is 3. The summed E-state index contributed by atoms with van der Waals surface area (Å²) in [6, 6.07) is 8.22. The van der Waals surface area contributed by atoms with Gasteiger partial charge in [-0.1, -0.05) is 12.1 Å². The maximum absolute atomic E-state index is 12.7. The Bertz CT molecular complexity index is 575. The number of hydrogen-bond acceptors (Lipinski definition) is 3. The minimum Gasteiger partial charge on any atom is -0.352 e. The molecule has 1 aromatic carbocycles. The summed E-state index contributed by atoms with van der Waals surface area (Å²) in [5.41, 5.74) is 6.65. The monoisotopic (exact) mass is 316 g/mol. The number of nitrogens with two attached hydrogens (primary N) is 1. The van der Waals surface area contributed by atoms with E-state index in [4.69, 9.17) is 5.73 Å². The summed E-state index contributed by atoms with van der Waals surface area (Å²) in [5.74, 6) is 0.0608. The fraction of sp³-hybridized carbons (Fsp3) is 0.529. The van der Waals surface area contributed by atoms with Crippen molar-refractivity contribution >= 4 is 11.9 Å². The van der Waals surface area contributed by atoms with Crippen LogP contribution in [0.4, 0.5) is 4.79 Å². The van der Waals surface area contributed by atoms with Crippen LogP contribution in [0.25, 0.3) is 0 Å². The average Bonchev–Trinajstić information content (AvgIpc) is 2.90. The SMILES string of the molecule is CN(C(=O)c1ccc(CNC(N)=O)cc1)C1CC2CCC(C1)N2. The lowest BCUT2D eigenvalue weighted by Crippen LogP contribution is -2.48. The van der Waals surface area contributed by atoms with Gasteiger partial charge in [0.25, 0.3) is 5.91 Å². The third-order valence-corrected chi connectivity index (χ3v) is 4.98. The molecule has 3 rings (SSSR count). The molecule has 0 aliphatic carbocycles. The van der Waals surface area contributed by atoms with Crippen molar-refractivity contribution in [2.75, 3.05) is 7.05 Å². The number of urea groups is 1. The summed E-state index contributed by atoms with van der Waals surface area (Å²) < 4.78 is 0. The number of primary amides is 1. The van der Waals surface area contributed by atoms with E-state index in [1.165, 1.54) is 12.8 Å². The maximum Gasteiger partial charge on any atom is 0.312 e. The standard InChI is InChI=1S/C17H24N4O2/c1-21(15-8-13-6-7-14(9-15)20-13)16(22)12-4-2-11(3-5-12)10-19-17(18)23/h2-5,13-15,20H,6-10H2,1H3,(H3,18,19,23). The van der Waals surface area contributed by atoms with Crippen LogP contribution in [0.15, 0.2) is 24.3 Å². The van der Waals surface area contributed by atoms with E-state index in [1.54, 1.807) is 0 Å². The van der Waals surface area contributed by atoms with E-state index < -0.39 is 6.03 Å². The number of benzene rings is 1. The van der Waals surface area contributed by atoms with E-state index in [0.29, 0.717) is 30.2 Å². The van der Waals surface area contributed by atoms with Crippen LogP contribution in [0.3, 0.4) is 0 Å². The molecule has 2 fully saturated rings. The van der Waals surface area contributed by atoms with Crippen LogP contribution >= 0.6 is 0 Å². The Labute approximate surface area is 136 Å². The molecule has 0 saturated carbocycles. The first-order valence-electron chi connectivity index (χ1n) is 8.18. The Morgan fingerprint density at radius 1 is 1.22 bits per heavy atom. The van der Waals surface area contributed by atoms with Crippen molar-refractivity contribution in [2.24, 2.45) is 5.73 Å². The minimum atomic E-state index is -0.551. The molecule has 2 unspecified atom stereocenters. The molecule has 2 bridgehead atoms. The van der Waals surface area contributed by atoms with Gasteiger partial charge in [-0.3, -0.25) is 4.79 Å².